The molecule has 4 rings (SSSR count). The van der Waals surface area contributed by atoms with Crippen molar-refractivity contribution in [3.63, 3.8) is 0 Å². The van der Waals surface area contributed by atoms with Crippen molar-refractivity contribution >= 4 is 29.3 Å². The minimum absolute atomic E-state index is 0.0564. The van der Waals surface area contributed by atoms with Crippen LogP contribution in [0.2, 0.25) is 0 Å². The van der Waals surface area contributed by atoms with Gasteiger partial charge in [-0.2, -0.15) is 0 Å². The number of aromatic nitrogens is 1. The Kier molecular flexibility index (Phi) is 5.34. The number of benzene rings is 1. The lowest BCUT2D eigenvalue weighted by Gasteiger charge is -2.22. The van der Waals surface area contributed by atoms with Gasteiger partial charge in [-0.15, -0.1) is 0 Å². The lowest BCUT2D eigenvalue weighted by molar-refractivity contribution is -0.121. The van der Waals surface area contributed by atoms with Gasteiger partial charge in [0.15, 0.2) is 5.11 Å². The first-order valence-electron chi connectivity index (χ1n) is 10.4. The molecule has 1 aliphatic carbocycles. The van der Waals surface area contributed by atoms with Crippen molar-refractivity contribution in [2.45, 2.75) is 51.9 Å². The Morgan fingerprint density at radius 1 is 1.00 bits per heavy atom. The molecular weight excluding hydrogens is 378 g/mol. The van der Waals surface area contributed by atoms with E-state index in [1.165, 1.54) is 48.3 Å². The van der Waals surface area contributed by atoms with E-state index in [0.717, 1.165) is 22.9 Å². The molecule has 0 atom stereocenters. The molecule has 1 aromatic carbocycles. The molecule has 2 aliphatic rings. The third-order valence-corrected chi connectivity index (χ3v) is 7.00. The zero-order valence-electron chi connectivity index (χ0n) is 17.7. The van der Waals surface area contributed by atoms with Gasteiger partial charge in [0.2, 0.25) is 0 Å². The number of aryl methyl sites for hydroxylation is 1. The smallest absolute Gasteiger partial charge is 0.276 e. The third-order valence-electron chi connectivity index (χ3n) is 6.45. The molecule has 0 radical (unpaired) electrons. The van der Waals surface area contributed by atoms with Gasteiger partial charge in [-0.25, -0.2) is 0 Å². The summed E-state index contributed by atoms with van der Waals surface area (Å²) in [5.41, 5.74) is 6.58. The Morgan fingerprint density at radius 3 is 2.24 bits per heavy atom. The first-order valence-corrected chi connectivity index (χ1v) is 10.9. The van der Waals surface area contributed by atoms with Gasteiger partial charge in [0.05, 0.1) is 0 Å². The average Bonchev–Trinajstić information content (AvgIpc) is 3.12. The minimum Gasteiger partial charge on any atom is -0.318 e. The van der Waals surface area contributed by atoms with Crippen molar-refractivity contribution in [2.75, 3.05) is 14.1 Å². The summed E-state index contributed by atoms with van der Waals surface area (Å²) >= 11 is 5.33. The van der Waals surface area contributed by atoms with Crippen molar-refractivity contribution in [3.05, 3.63) is 58.5 Å². The molecule has 1 amide bonds. The first-order chi connectivity index (χ1) is 13.9. The Balaban J connectivity index is 1.65. The number of likely N-dealkylation sites (N-methyl/N-ethyl adjacent to an activating group) is 2. The number of hydrogen-bond acceptors (Lipinski definition) is 2. The number of thiocarbonyl (C=S) groups is 1. The zero-order valence-corrected chi connectivity index (χ0v) is 18.6. The van der Waals surface area contributed by atoms with Crippen LogP contribution in [-0.2, 0) is 4.79 Å². The summed E-state index contributed by atoms with van der Waals surface area (Å²) in [6.07, 6.45) is 8.67. The molecule has 0 unspecified atom stereocenters. The van der Waals surface area contributed by atoms with Crippen molar-refractivity contribution in [2.24, 2.45) is 0 Å². The summed E-state index contributed by atoms with van der Waals surface area (Å²) < 4.78 is 2.26. The van der Waals surface area contributed by atoms with Crippen molar-refractivity contribution < 1.29 is 4.79 Å². The van der Waals surface area contributed by atoms with Gasteiger partial charge >= 0.3 is 0 Å². The molecule has 29 heavy (non-hydrogen) atoms. The highest BCUT2D eigenvalue weighted by atomic mass is 32.1. The molecule has 2 heterocycles. The lowest BCUT2D eigenvalue weighted by atomic mass is 9.84. The van der Waals surface area contributed by atoms with Gasteiger partial charge in [0.25, 0.3) is 5.91 Å². The summed E-state index contributed by atoms with van der Waals surface area (Å²) in [6.45, 7) is 4.22. The molecule has 2 aromatic rings. The van der Waals surface area contributed by atoms with Gasteiger partial charge < -0.3 is 9.47 Å². The molecule has 1 saturated heterocycles. The van der Waals surface area contributed by atoms with Crippen LogP contribution in [-0.4, -0.2) is 39.5 Å². The van der Waals surface area contributed by atoms with E-state index in [1.54, 1.807) is 11.9 Å². The predicted molar refractivity (Wildman–Crippen MR) is 122 cm³/mol. The summed E-state index contributed by atoms with van der Waals surface area (Å²) in [4.78, 5) is 15.8. The first kappa shape index (κ1) is 19.9. The van der Waals surface area contributed by atoms with Crippen LogP contribution in [0.15, 0.2) is 36.0 Å². The number of amides is 1. The van der Waals surface area contributed by atoms with E-state index in [9.17, 15) is 4.79 Å². The second-order valence-corrected chi connectivity index (χ2v) is 8.69. The molecule has 5 heteroatoms. The van der Waals surface area contributed by atoms with Gasteiger partial charge in [0.1, 0.15) is 5.70 Å². The summed E-state index contributed by atoms with van der Waals surface area (Å²) in [6, 6.07) is 11.2. The summed E-state index contributed by atoms with van der Waals surface area (Å²) in [5.74, 6) is 0.661. The maximum Gasteiger partial charge on any atom is 0.276 e. The highest BCUT2D eigenvalue weighted by Gasteiger charge is 2.33. The fraction of sp³-hybridized carbons (Fsp3) is 0.417. The van der Waals surface area contributed by atoms with Crippen LogP contribution >= 0.6 is 12.2 Å². The highest BCUT2D eigenvalue weighted by molar-refractivity contribution is 7.80. The van der Waals surface area contributed by atoms with Crippen molar-refractivity contribution in [3.8, 4) is 5.69 Å². The largest absolute Gasteiger partial charge is 0.318 e. The monoisotopic (exact) mass is 407 g/mol. The molecule has 0 spiro atoms. The van der Waals surface area contributed by atoms with E-state index in [4.69, 9.17) is 12.2 Å². The Morgan fingerprint density at radius 2 is 1.66 bits per heavy atom. The Bertz CT molecular complexity index is 980. The van der Waals surface area contributed by atoms with Crippen LogP contribution in [0.4, 0.5) is 0 Å². The van der Waals surface area contributed by atoms with Gasteiger partial charge in [0, 0.05) is 31.2 Å². The van der Waals surface area contributed by atoms with E-state index < -0.39 is 0 Å². The normalized spacial score (nSPS) is 19.7. The van der Waals surface area contributed by atoms with Gasteiger partial charge in [-0.05, 0) is 80.2 Å². The number of carbonyl (C=O) groups is 1. The second kappa shape index (κ2) is 7.79. The number of rotatable bonds is 3. The Hall–Kier alpha value is -2.40. The van der Waals surface area contributed by atoms with E-state index in [0.29, 0.717) is 10.8 Å². The van der Waals surface area contributed by atoms with Crippen LogP contribution in [0.5, 0.6) is 0 Å². The highest BCUT2D eigenvalue weighted by Crippen LogP contribution is 2.33. The molecule has 1 aromatic heterocycles. The number of nitrogens with zero attached hydrogens (tertiary/aromatic N) is 3. The average molecular weight is 408 g/mol. The maximum atomic E-state index is 12.5. The Labute approximate surface area is 178 Å². The molecule has 2 fully saturated rings. The van der Waals surface area contributed by atoms with Gasteiger partial charge in [-0.3, -0.25) is 9.69 Å². The van der Waals surface area contributed by atoms with E-state index in [2.05, 4.69) is 48.7 Å². The molecule has 4 nitrogen and oxygen atoms in total. The lowest BCUT2D eigenvalue weighted by Crippen LogP contribution is -2.26. The second-order valence-electron chi connectivity index (χ2n) is 8.32. The third kappa shape index (κ3) is 3.52. The molecule has 0 bridgehead atoms. The topological polar surface area (TPSA) is 28.5 Å². The maximum absolute atomic E-state index is 12.5. The molecular formula is C24H29N3OS. The van der Waals surface area contributed by atoms with E-state index in [-0.39, 0.29) is 5.91 Å². The fourth-order valence-electron chi connectivity index (χ4n) is 4.70. The molecule has 0 N–H and O–H groups in total. The predicted octanol–water partition coefficient (Wildman–Crippen LogP) is 5.17. The zero-order chi connectivity index (χ0) is 20.7. The SMILES string of the molecule is Cc1cc(/C=C2/C(=O)N(C)C(=S)N2C)c(C)n1-c1ccc(C2CCCCC2)cc1. The van der Waals surface area contributed by atoms with Crippen LogP contribution in [0, 0.1) is 13.8 Å². The summed E-state index contributed by atoms with van der Waals surface area (Å²) in [7, 11) is 3.57. The molecule has 152 valence electrons. The van der Waals surface area contributed by atoms with Crippen LogP contribution in [0.1, 0.15) is 60.5 Å². The van der Waals surface area contributed by atoms with Crippen LogP contribution in [0.3, 0.4) is 0 Å². The van der Waals surface area contributed by atoms with Crippen LogP contribution < -0.4 is 0 Å². The number of carbonyl (C=O) groups excluding carboxylic acids is 1. The quantitative estimate of drug-likeness (QED) is 0.519. The van der Waals surface area contributed by atoms with Crippen molar-refractivity contribution in [1.29, 1.82) is 0 Å². The van der Waals surface area contributed by atoms with Gasteiger partial charge in [-0.1, -0.05) is 31.4 Å². The summed E-state index contributed by atoms with van der Waals surface area (Å²) in [5, 5.41) is 0.536. The standard InChI is InChI=1S/C24H29N3OS/c1-16-14-20(15-22-23(28)26(4)24(29)25(22)3)17(2)27(16)21-12-10-19(11-13-21)18-8-6-5-7-9-18/h10-15,18H,5-9H2,1-4H3/b22-15-. The van der Waals surface area contributed by atoms with E-state index in [1.807, 2.05) is 13.1 Å². The minimum atomic E-state index is -0.0564. The van der Waals surface area contributed by atoms with E-state index >= 15 is 0 Å². The number of hydrogen-bond donors (Lipinski definition) is 0. The molecule has 1 saturated carbocycles. The van der Waals surface area contributed by atoms with Crippen molar-refractivity contribution in [1.82, 2.24) is 14.4 Å². The molecule has 1 aliphatic heterocycles. The fourth-order valence-corrected chi connectivity index (χ4v) is 4.88. The van der Waals surface area contributed by atoms with Crippen LogP contribution in [0.25, 0.3) is 11.8 Å².